The van der Waals surface area contributed by atoms with E-state index < -0.39 is 10.0 Å². The number of hydrogen-bond acceptors (Lipinski definition) is 3. The first kappa shape index (κ1) is 15.5. The van der Waals surface area contributed by atoms with Crippen LogP contribution in [-0.4, -0.2) is 19.3 Å². The van der Waals surface area contributed by atoms with Gasteiger partial charge in [0.2, 0.25) is 0 Å². The van der Waals surface area contributed by atoms with Gasteiger partial charge in [0.05, 0.1) is 9.83 Å². The maximum Gasteiger partial charge on any atom is 0.253 e. The van der Waals surface area contributed by atoms with Gasteiger partial charge in [-0.3, -0.25) is 0 Å². The van der Waals surface area contributed by atoms with E-state index in [2.05, 4.69) is 15.9 Å². The van der Waals surface area contributed by atoms with E-state index in [1.807, 2.05) is 18.2 Å². The number of sulfonamides is 1. The van der Waals surface area contributed by atoms with Gasteiger partial charge in [-0.1, -0.05) is 23.7 Å². The number of hydrogen-bond donors (Lipinski definition) is 0. The second kappa shape index (κ2) is 6.01. The quantitative estimate of drug-likeness (QED) is 0.741. The summed E-state index contributed by atoms with van der Waals surface area (Å²) in [5.41, 5.74) is 0.958. The first-order chi connectivity index (χ1) is 9.98. The summed E-state index contributed by atoms with van der Waals surface area (Å²) in [5.74, 6) is 0. The zero-order valence-electron chi connectivity index (χ0n) is 11.0. The first-order valence-electron chi connectivity index (χ1n) is 6.51. The van der Waals surface area contributed by atoms with E-state index in [0.717, 1.165) is 22.2 Å². The Kier molecular flexibility index (Phi) is 4.43. The highest BCUT2D eigenvalue weighted by atomic mass is 79.9. The van der Waals surface area contributed by atoms with Gasteiger partial charge in [0, 0.05) is 11.6 Å². The molecule has 0 aliphatic carbocycles. The van der Waals surface area contributed by atoms with Gasteiger partial charge < -0.3 is 0 Å². The van der Waals surface area contributed by atoms with Crippen molar-refractivity contribution in [2.45, 2.75) is 23.1 Å². The SMILES string of the molecule is O=S(=O)(c1ccc(Br)s1)N1CCCC1c1cccc(Cl)c1. The smallest absolute Gasteiger partial charge is 0.206 e. The number of rotatable bonds is 3. The van der Waals surface area contributed by atoms with E-state index in [9.17, 15) is 8.42 Å². The molecule has 21 heavy (non-hydrogen) atoms. The van der Waals surface area contributed by atoms with Crippen molar-refractivity contribution in [3.63, 3.8) is 0 Å². The molecule has 1 aliphatic rings. The van der Waals surface area contributed by atoms with E-state index >= 15 is 0 Å². The van der Waals surface area contributed by atoms with Crippen molar-refractivity contribution in [3.05, 3.63) is 50.8 Å². The summed E-state index contributed by atoms with van der Waals surface area (Å²) in [4.78, 5) is 0. The Morgan fingerprint density at radius 3 is 2.76 bits per heavy atom. The molecule has 1 saturated heterocycles. The van der Waals surface area contributed by atoms with Crippen molar-refractivity contribution in [2.75, 3.05) is 6.54 Å². The molecule has 7 heteroatoms. The van der Waals surface area contributed by atoms with E-state index in [4.69, 9.17) is 11.6 Å². The Hall–Kier alpha value is -0.400. The zero-order valence-corrected chi connectivity index (χ0v) is 15.0. The monoisotopic (exact) mass is 405 g/mol. The molecule has 1 aromatic heterocycles. The van der Waals surface area contributed by atoms with Gasteiger partial charge >= 0.3 is 0 Å². The second-order valence-corrected chi connectivity index (χ2v) is 9.90. The summed E-state index contributed by atoms with van der Waals surface area (Å²) >= 11 is 10.6. The minimum Gasteiger partial charge on any atom is -0.206 e. The minimum atomic E-state index is -3.45. The van der Waals surface area contributed by atoms with Crippen LogP contribution < -0.4 is 0 Å². The lowest BCUT2D eigenvalue weighted by molar-refractivity contribution is 0.398. The molecule has 1 atom stereocenters. The van der Waals surface area contributed by atoms with Crippen LogP contribution in [0.1, 0.15) is 24.4 Å². The molecule has 3 rings (SSSR count). The van der Waals surface area contributed by atoms with Crippen molar-refractivity contribution in [3.8, 4) is 0 Å². The van der Waals surface area contributed by atoms with Gasteiger partial charge in [0.1, 0.15) is 4.21 Å². The fraction of sp³-hybridized carbons (Fsp3) is 0.286. The van der Waals surface area contributed by atoms with Crippen LogP contribution >= 0.6 is 38.9 Å². The normalized spacial score (nSPS) is 20.0. The Morgan fingerprint density at radius 1 is 1.29 bits per heavy atom. The van der Waals surface area contributed by atoms with Crippen molar-refractivity contribution in [1.29, 1.82) is 0 Å². The molecule has 0 spiro atoms. The van der Waals surface area contributed by atoms with Gasteiger partial charge in [-0.15, -0.1) is 11.3 Å². The highest BCUT2D eigenvalue weighted by molar-refractivity contribution is 9.11. The molecular formula is C14H13BrClNO2S2. The summed E-state index contributed by atoms with van der Waals surface area (Å²) in [6.07, 6.45) is 1.69. The van der Waals surface area contributed by atoms with Crippen molar-refractivity contribution in [1.82, 2.24) is 4.31 Å². The highest BCUT2D eigenvalue weighted by Crippen LogP contribution is 2.39. The van der Waals surface area contributed by atoms with Gasteiger partial charge in [0.15, 0.2) is 0 Å². The summed E-state index contributed by atoms with van der Waals surface area (Å²) in [6.45, 7) is 0.551. The molecule has 3 nitrogen and oxygen atoms in total. The molecule has 2 aromatic rings. The van der Waals surface area contributed by atoms with Crippen molar-refractivity contribution < 1.29 is 8.42 Å². The molecule has 1 aliphatic heterocycles. The minimum absolute atomic E-state index is 0.130. The van der Waals surface area contributed by atoms with E-state index in [-0.39, 0.29) is 6.04 Å². The maximum atomic E-state index is 12.8. The van der Waals surface area contributed by atoms with Crippen LogP contribution in [0.4, 0.5) is 0 Å². The highest BCUT2D eigenvalue weighted by Gasteiger charge is 2.36. The molecule has 0 bridgehead atoms. The third-order valence-electron chi connectivity index (χ3n) is 3.55. The first-order valence-corrected chi connectivity index (χ1v) is 9.94. The van der Waals surface area contributed by atoms with Crippen molar-refractivity contribution >= 4 is 48.9 Å². The predicted octanol–water partition coefficient (Wildman–Crippen LogP) is 4.69. The number of nitrogens with zero attached hydrogens (tertiary/aromatic N) is 1. The topological polar surface area (TPSA) is 37.4 Å². The fourth-order valence-corrected chi connectivity index (χ4v) is 6.65. The number of halogens is 2. The van der Waals surface area contributed by atoms with Crippen LogP contribution in [-0.2, 0) is 10.0 Å². The predicted molar refractivity (Wildman–Crippen MR) is 89.3 cm³/mol. The molecule has 112 valence electrons. The molecule has 0 amide bonds. The van der Waals surface area contributed by atoms with Gasteiger partial charge in [-0.2, -0.15) is 4.31 Å². The molecule has 1 unspecified atom stereocenters. The largest absolute Gasteiger partial charge is 0.253 e. The second-order valence-electron chi connectivity index (χ2n) is 4.89. The van der Waals surface area contributed by atoms with E-state index in [1.165, 1.54) is 11.3 Å². The van der Waals surface area contributed by atoms with Crippen LogP contribution in [0, 0.1) is 0 Å². The standard InChI is InChI=1S/C14H13BrClNO2S2/c15-13-6-7-14(20-13)21(18,19)17-8-2-5-12(17)10-3-1-4-11(16)9-10/h1,3-4,6-7,9,12H,2,5,8H2. The lowest BCUT2D eigenvalue weighted by Gasteiger charge is -2.23. The Bertz CT molecular complexity index is 760. The average molecular weight is 407 g/mol. The lowest BCUT2D eigenvalue weighted by atomic mass is 10.1. The third-order valence-corrected chi connectivity index (χ3v) is 7.78. The van der Waals surface area contributed by atoms with Crippen LogP contribution in [0.3, 0.4) is 0 Å². The molecule has 0 radical (unpaired) electrons. The maximum absolute atomic E-state index is 12.8. The Labute approximate surface area is 141 Å². The van der Waals surface area contributed by atoms with Crippen molar-refractivity contribution in [2.24, 2.45) is 0 Å². The summed E-state index contributed by atoms with van der Waals surface area (Å²) in [5, 5.41) is 0.635. The van der Waals surface area contributed by atoms with Gasteiger partial charge in [0.25, 0.3) is 10.0 Å². The van der Waals surface area contributed by atoms with E-state index in [1.54, 1.807) is 22.5 Å². The molecular weight excluding hydrogens is 394 g/mol. The average Bonchev–Trinajstić information content (AvgIpc) is 3.07. The van der Waals surface area contributed by atoms with Crippen LogP contribution in [0.15, 0.2) is 44.4 Å². The summed E-state index contributed by atoms with van der Waals surface area (Å²) in [7, 11) is -3.45. The molecule has 2 heterocycles. The molecule has 0 saturated carbocycles. The Balaban J connectivity index is 1.97. The summed E-state index contributed by atoms with van der Waals surface area (Å²) in [6, 6.07) is 10.7. The van der Waals surface area contributed by atoms with Crippen LogP contribution in [0.2, 0.25) is 5.02 Å². The number of benzene rings is 1. The molecule has 1 aromatic carbocycles. The molecule has 1 fully saturated rings. The Morgan fingerprint density at radius 2 is 2.10 bits per heavy atom. The fourth-order valence-electron chi connectivity index (χ4n) is 2.63. The van der Waals surface area contributed by atoms with Gasteiger partial charge in [-0.05, 0) is 58.6 Å². The van der Waals surface area contributed by atoms with Crippen LogP contribution in [0.5, 0.6) is 0 Å². The number of thiophene rings is 1. The summed E-state index contributed by atoms with van der Waals surface area (Å²) < 4.78 is 28.4. The van der Waals surface area contributed by atoms with E-state index in [0.29, 0.717) is 15.8 Å². The third kappa shape index (κ3) is 3.05. The molecule has 0 N–H and O–H groups in total. The van der Waals surface area contributed by atoms with Crippen LogP contribution in [0.25, 0.3) is 0 Å². The lowest BCUT2D eigenvalue weighted by Crippen LogP contribution is -2.30. The zero-order chi connectivity index (χ0) is 15.0. The van der Waals surface area contributed by atoms with Gasteiger partial charge in [-0.25, -0.2) is 8.42 Å².